The summed E-state index contributed by atoms with van der Waals surface area (Å²) in [6, 6.07) is 0.459. The fraction of sp³-hybridized carbons (Fsp3) is 0.778. The Balaban J connectivity index is 1.75. The predicted octanol–water partition coefficient (Wildman–Crippen LogP) is 1.43. The molecule has 0 amide bonds. The van der Waals surface area contributed by atoms with Crippen LogP contribution in [-0.2, 0) is 0 Å². The standard InChI is InChI=1S/C9H16N4S/c1-8(6-13-4-2-3-5-13)12-9-10-7-11-14-9/h7-8H,2-6H2,1H3,(H,10,11,12). The molecule has 1 saturated heterocycles. The molecule has 0 bridgehead atoms. The molecule has 1 unspecified atom stereocenters. The molecule has 5 heteroatoms. The van der Waals surface area contributed by atoms with Crippen LogP contribution in [0.2, 0.25) is 0 Å². The van der Waals surface area contributed by atoms with Gasteiger partial charge in [-0.15, -0.1) is 0 Å². The Morgan fingerprint density at radius 1 is 1.57 bits per heavy atom. The maximum atomic E-state index is 4.11. The molecule has 0 spiro atoms. The zero-order valence-corrected chi connectivity index (χ0v) is 9.26. The lowest BCUT2D eigenvalue weighted by Crippen LogP contribution is -2.32. The number of nitrogens with zero attached hydrogens (tertiary/aromatic N) is 3. The van der Waals surface area contributed by atoms with E-state index in [1.807, 2.05) is 0 Å². The molecule has 1 aliphatic heterocycles. The van der Waals surface area contributed by atoms with Crippen LogP contribution in [0, 0.1) is 0 Å². The molecule has 1 N–H and O–H groups in total. The van der Waals surface area contributed by atoms with Gasteiger partial charge in [0.15, 0.2) is 0 Å². The van der Waals surface area contributed by atoms with Gasteiger partial charge < -0.3 is 10.2 Å². The van der Waals surface area contributed by atoms with Crippen molar-refractivity contribution in [2.24, 2.45) is 0 Å². The first-order chi connectivity index (χ1) is 6.84. The second kappa shape index (κ2) is 4.70. The van der Waals surface area contributed by atoms with E-state index in [2.05, 4.69) is 26.5 Å². The minimum atomic E-state index is 0.459. The summed E-state index contributed by atoms with van der Waals surface area (Å²) < 4.78 is 3.96. The van der Waals surface area contributed by atoms with Gasteiger partial charge in [-0.1, -0.05) is 0 Å². The SMILES string of the molecule is CC(CN1CCCC1)Nc1ncns1. The van der Waals surface area contributed by atoms with Crippen molar-refractivity contribution in [1.29, 1.82) is 0 Å². The first-order valence-electron chi connectivity index (χ1n) is 5.10. The topological polar surface area (TPSA) is 41.0 Å². The quantitative estimate of drug-likeness (QED) is 0.820. The van der Waals surface area contributed by atoms with Crippen molar-refractivity contribution in [3.8, 4) is 0 Å². The van der Waals surface area contributed by atoms with E-state index >= 15 is 0 Å². The number of aromatic nitrogens is 2. The number of hydrogen-bond donors (Lipinski definition) is 1. The van der Waals surface area contributed by atoms with Gasteiger partial charge in [0.05, 0.1) is 0 Å². The molecule has 0 aliphatic carbocycles. The van der Waals surface area contributed by atoms with Crippen LogP contribution in [0.5, 0.6) is 0 Å². The lowest BCUT2D eigenvalue weighted by Gasteiger charge is -2.20. The predicted molar refractivity (Wildman–Crippen MR) is 58.7 cm³/mol. The first kappa shape index (κ1) is 9.86. The molecular weight excluding hydrogens is 196 g/mol. The Labute approximate surface area is 88.5 Å². The van der Waals surface area contributed by atoms with Gasteiger partial charge in [-0.25, -0.2) is 4.98 Å². The van der Waals surface area contributed by atoms with Gasteiger partial charge >= 0.3 is 0 Å². The van der Waals surface area contributed by atoms with E-state index in [1.54, 1.807) is 6.33 Å². The summed E-state index contributed by atoms with van der Waals surface area (Å²) in [5.74, 6) is 0. The van der Waals surface area contributed by atoms with Crippen molar-refractivity contribution >= 4 is 16.7 Å². The third kappa shape index (κ3) is 2.65. The molecule has 2 rings (SSSR count). The zero-order valence-electron chi connectivity index (χ0n) is 8.44. The molecule has 0 aromatic carbocycles. The Hall–Kier alpha value is -0.680. The minimum Gasteiger partial charge on any atom is -0.357 e. The van der Waals surface area contributed by atoms with Crippen LogP contribution in [0.4, 0.5) is 5.13 Å². The highest BCUT2D eigenvalue weighted by Gasteiger charge is 2.14. The van der Waals surface area contributed by atoms with E-state index in [-0.39, 0.29) is 0 Å². The van der Waals surface area contributed by atoms with Crippen molar-refractivity contribution in [3.63, 3.8) is 0 Å². The van der Waals surface area contributed by atoms with Crippen molar-refractivity contribution in [3.05, 3.63) is 6.33 Å². The summed E-state index contributed by atoms with van der Waals surface area (Å²) in [6.45, 7) is 5.81. The van der Waals surface area contributed by atoms with Crippen LogP contribution in [0.25, 0.3) is 0 Å². The van der Waals surface area contributed by atoms with Crippen LogP contribution in [0.1, 0.15) is 19.8 Å². The van der Waals surface area contributed by atoms with E-state index in [4.69, 9.17) is 0 Å². The molecule has 1 fully saturated rings. The van der Waals surface area contributed by atoms with Crippen LogP contribution < -0.4 is 5.32 Å². The number of likely N-dealkylation sites (tertiary alicyclic amines) is 1. The van der Waals surface area contributed by atoms with Crippen molar-refractivity contribution in [1.82, 2.24) is 14.3 Å². The number of anilines is 1. The van der Waals surface area contributed by atoms with Crippen molar-refractivity contribution in [2.45, 2.75) is 25.8 Å². The minimum absolute atomic E-state index is 0.459. The molecule has 0 radical (unpaired) electrons. The van der Waals surface area contributed by atoms with Gasteiger partial charge in [-0.2, -0.15) is 4.37 Å². The third-order valence-corrected chi connectivity index (χ3v) is 3.06. The Morgan fingerprint density at radius 3 is 3.00 bits per heavy atom. The maximum Gasteiger partial charge on any atom is 0.202 e. The van der Waals surface area contributed by atoms with Gasteiger partial charge in [-0.05, 0) is 32.9 Å². The summed E-state index contributed by atoms with van der Waals surface area (Å²) in [7, 11) is 0. The molecule has 1 aromatic heterocycles. The largest absolute Gasteiger partial charge is 0.357 e. The molecule has 14 heavy (non-hydrogen) atoms. The van der Waals surface area contributed by atoms with E-state index in [1.165, 1.54) is 37.5 Å². The third-order valence-electron chi connectivity index (χ3n) is 2.46. The monoisotopic (exact) mass is 212 g/mol. The summed E-state index contributed by atoms with van der Waals surface area (Å²) in [6.07, 6.45) is 4.30. The number of nitrogens with one attached hydrogen (secondary N) is 1. The van der Waals surface area contributed by atoms with Crippen LogP contribution in [0.3, 0.4) is 0 Å². The van der Waals surface area contributed by atoms with Gasteiger partial charge in [0.1, 0.15) is 6.33 Å². The van der Waals surface area contributed by atoms with Gasteiger partial charge in [-0.3, -0.25) is 0 Å². The fourth-order valence-electron chi connectivity index (χ4n) is 1.85. The lowest BCUT2D eigenvalue weighted by atomic mass is 10.3. The fourth-order valence-corrected chi connectivity index (χ4v) is 2.39. The summed E-state index contributed by atoms with van der Waals surface area (Å²) in [5.41, 5.74) is 0. The van der Waals surface area contributed by atoms with Gasteiger partial charge in [0.2, 0.25) is 5.13 Å². The number of hydrogen-bond acceptors (Lipinski definition) is 5. The Kier molecular flexibility index (Phi) is 3.31. The number of rotatable bonds is 4. The Morgan fingerprint density at radius 2 is 2.36 bits per heavy atom. The van der Waals surface area contributed by atoms with E-state index in [9.17, 15) is 0 Å². The van der Waals surface area contributed by atoms with E-state index < -0.39 is 0 Å². The summed E-state index contributed by atoms with van der Waals surface area (Å²) in [4.78, 5) is 6.61. The second-order valence-corrected chi connectivity index (χ2v) is 4.58. The highest BCUT2D eigenvalue weighted by Crippen LogP contribution is 2.11. The van der Waals surface area contributed by atoms with Crippen LogP contribution in [0.15, 0.2) is 6.33 Å². The maximum absolute atomic E-state index is 4.11. The van der Waals surface area contributed by atoms with Crippen molar-refractivity contribution < 1.29 is 0 Å². The van der Waals surface area contributed by atoms with Crippen molar-refractivity contribution in [2.75, 3.05) is 25.0 Å². The summed E-state index contributed by atoms with van der Waals surface area (Å²) in [5, 5.41) is 4.28. The lowest BCUT2D eigenvalue weighted by molar-refractivity contribution is 0.328. The zero-order chi connectivity index (χ0) is 9.80. The van der Waals surface area contributed by atoms with Gasteiger partial charge in [0, 0.05) is 24.1 Å². The van der Waals surface area contributed by atoms with E-state index in [0.717, 1.165) is 11.7 Å². The molecular formula is C9H16N4S. The molecule has 1 atom stereocenters. The summed E-state index contributed by atoms with van der Waals surface area (Å²) >= 11 is 1.42. The normalized spacial score (nSPS) is 19.8. The van der Waals surface area contributed by atoms with Crippen LogP contribution in [-0.4, -0.2) is 39.9 Å². The first-order valence-corrected chi connectivity index (χ1v) is 5.87. The smallest absolute Gasteiger partial charge is 0.202 e. The highest BCUT2D eigenvalue weighted by molar-refractivity contribution is 7.09. The second-order valence-electron chi connectivity index (χ2n) is 3.80. The average molecular weight is 212 g/mol. The highest BCUT2D eigenvalue weighted by atomic mass is 32.1. The molecule has 1 aromatic rings. The van der Waals surface area contributed by atoms with E-state index in [0.29, 0.717) is 6.04 Å². The molecule has 2 heterocycles. The molecule has 78 valence electrons. The molecule has 0 saturated carbocycles. The Bertz CT molecular complexity index is 256. The van der Waals surface area contributed by atoms with Crippen LogP contribution >= 0.6 is 11.5 Å². The molecule has 1 aliphatic rings. The average Bonchev–Trinajstić information content (AvgIpc) is 2.76. The van der Waals surface area contributed by atoms with Gasteiger partial charge in [0.25, 0.3) is 0 Å². The molecule has 4 nitrogen and oxygen atoms in total.